The van der Waals surface area contributed by atoms with Crippen LogP contribution in [0.3, 0.4) is 0 Å². The van der Waals surface area contributed by atoms with Crippen LogP contribution in [0.1, 0.15) is 10.6 Å². The number of benzene rings is 1. The van der Waals surface area contributed by atoms with Gasteiger partial charge in [0.1, 0.15) is 16.7 Å². The largest absolute Gasteiger partial charge is 0.501 e. The number of hydrogen-bond acceptors (Lipinski definition) is 5. The highest BCUT2D eigenvalue weighted by atomic mass is 16.5. The molecular formula is C11H8O6. The predicted molar refractivity (Wildman–Crippen MR) is 57.7 cm³/mol. The molecule has 0 aliphatic rings. The van der Waals surface area contributed by atoms with E-state index in [1.807, 2.05) is 0 Å². The van der Waals surface area contributed by atoms with E-state index in [-0.39, 0.29) is 16.7 Å². The Hall–Kier alpha value is -2.50. The van der Waals surface area contributed by atoms with Crippen molar-refractivity contribution in [3.8, 4) is 11.5 Å². The maximum Gasteiger partial charge on any atom is 0.375 e. The average Bonchev–Trinajstić information content (AvgIpc) is 2.32. The first-order chi connectivity index (χ1) is 8.06. The summed E-state index contributed by atoms with van der Waals surface area (Å²) in [6.07, 6.45) is 0. The minimum Gasteiger partial charge on any atom is -0.501 e. The van der Waals surface area contributed by atoms with Gasteiger partial charge in [0.25, 0.3) is 5.76 Å². The van der Waals surface area contributed by atoms with Crippen LogP contribution in [0.25, 0.3) is 11.0 Å². The summed E-state index contributed by atoms with van der Waals surface area (Å²) in [6.45, 7) is 0. The molecular weight excluding hydrogens is 228 g/mol. The minimum absolute atomic E-state index is 0.0116. The Balaban J connectivity index is 2.96. The Bertz CT molecular complexity index is 655. The zero-order valence-corrected chi connectivity index (χ0v) is 8.76. The van der Waals surface area contributed by atoms with Crippen molar-refractivity contribution in [1.82, 2.24) is 0 Å². The molecule has 0 aliphatic carbocycles. The number of carboxylic acids is 1. The van der Waals surface area contributed by atoms with Crippen LogP contribution in [0, 0.1) is 0 Å². The lowest BCUT2D eigenvalue weighted by Crippen LogP contribution is -2.09. The van der Waals surface area contributed by atoms with Crippen LogP contribution in [0.4, 0.5) is 0 Å². The van der Waals surface area contributed by atoms with Crippen LogP contribution >= 0.6 is 0 Å². The van der Waals surface area contributed by atoms with Gasteiger partial charge in [0.15, 0.2) is 0 Å². The van der Waals surface area contributed by atoms with E-state index in [0.29, 0.717) is 0 Å². The Morgan fingerprint density at radius 2 is 2.12 bits per heavy atom. The van der Waals surface area contributed by atoms with Crippen molar-refractivity contribution in [2.75, 3.05) is 7.11 Å². The SMILES string of the molecule is COc1cccc2oc(C(=O)O)c(O)c(=O)c12. The highest BCUT2D eigenvalue weighted by molar-refractivity contribution is 5.92. The molecule has 0 spiro atoms. The standard InChI is InChI=1S/C11H8O6/c1-16-5-3-2-4-6-7(5)8(12)9(13)10(17-6)11(14)15/h2-4,13H,1H3,(H,14,15). The Labute approximate surface area is 94.7 Å². The fraction of sp³-hybridized carbons (Fsp3) is 0.0909. The number of rotatable bonds is 2. The van der Waals surface area contributed by atoms with Gasteiger partial charge in [-0.2, -0.15) is 0 Å². The van der Waals surface area contributed by atoms with E-state index in [4.69, 9.17) is 14.3 Å². The molecule has 0 aliphatic heterocycles. The van der Waals surface area contributed by atoms with Crippen molar-refractivity contribution in [2.24, 2.45) is 0 Å². The third-order valence-electron chi connectivity index (χ3n) is 2.27. The van der Waals surface area contributed by atoms with Gasteiger partial charge in [-0.05, 0) is 12.1 Å². The van der Waals surface area contributed by atoms with E-state index in [0.717, 1.165) is 0 Å². The Morgan fingerprint density at radius 1 is 1.41 bits per heavy atom. The predicted octanol–water partition coefficient (Wildman–Crippen LogP) is 1.21. The minimum atomic E-state index is -1.51. The number of aromatic hydroxyl groups is 1. The molecule has 6 heteroatoms. The number of carbonyl (C=O) groups is 1. The van der Waals surface area contributed by atoms with Crippen molar-refractivity contribution in [3.63, 3.8) is 0 Å². The van der Waals surface area contributed by atoms with Gasteiger partial charge in [0.05, 0.1) is 7.11 Å². The lowest BCUT2D eigenvalue weighted by Gasteiger charge is -2.05. The number of carboxylic acid groups (broad SMARTS) is 1. The molecule has 0 atom stereocenters. The lowest BCUT2D eigenvalue weighted by molar-refractivity contribution is 0.0657. The van der Waals surface area contributed by atoms with Gasteiger partial charge >= 0.3 is 5.97 Å². The summed E-state index contributed by atoms with van der Waals surface area (Å²) in [7, 11) is 1.36. The van der Waals surface area contributed by atoms with E-state index in [2.05, 4.69) is 0 Å². The fourth-order valence-electron chi connectivity index (χ4n) is 1.51. The van der Waals surface area contributed by atoms with Gasteiger partial charge in [-0.15, -0.1) is 0 Å². The zero-order chi connectivity index (χ0) is 12.6. The number of aromatic carboxylic acids is 1. The summed E-state index contributed by atoms with van der Waals surface area (Å²) < 4.78 is 9.89. The molecule has 0 saturated heterocycles. The molecule has 2 N–H and O–H groups in total. The highest BCUT2D eigenvalue weighted by Gasteiger charge is 2.20. The van der Waals surface area contributed by atoms with Crippen molar-refractivity contribution in [3.05, 3.63) is 34.2 Å². The second-order valence-corrected chi connectivity index (χ2v) is 3.25. The van der Waals surface area contributed by atoms with Crippen molar-refractivity contribution in [1.29, 1.82) is 0 Å². The second-order valence-electron chi connectivity index (χ2n) is 3.25. The van der Waals surface area contributed by atoms with Crippen molar-refractivity contribution < 1.29 is 24.2 Å². The summed E-state index contributed by atoms with van der Waals surface area (Å²) in [4.78, 5) is 22.5. The smallest absolute Gasteiger partial charge is 0.375 e. The van der Waals surface area contributed by atoms with Gasteiger partial charge in [0, 0.05) is 0 Å². The third-order valence-corrected chi connectivity index (χ3v) is 2.27. The first-order valence-electron chi connectivity index (χ1n) is 4.62. The summed E-state index contributed by atoms with van der Waals surface area (Å²) >= 11 is 0. The van der Waals surface area contributed by atoms with Crippen LogP contribution in [-0.2, 0) is 0 Å². The molecule has 0 amide bonds. The van der Waals surface area contributed by atoms with E-state index in [9.17, 15) is 14.7 Å². The first-order valence-corrected chi connectivity index (χ1v) is 4.62. The maximum atomic E-state index is 11.8. The van der Waals surface area contributed by atoms with E-state index < -0.39 is 22.9 Å². The number of ether oxygens (including phenoxy) is 1. The van der Waals surface area contributed by atoms with Gasteiger partial charge < -0.3 is 19.4 Å². The van der Waals surface area contributed by atoms with Gasteiger partial charge in [-0.1, -0.05) is 6.07 Å². The van der Waals surface area contributed by atoms with E-state index in [1.54, 1.807) is 6.07 Å². The molecule has 2 aromatic rings. The maximum absolute atomic E-state index is 11.8. The molecule has 0 radical (unpaired) electrons. The molecule has 17 heavy (non-hydrogen) atoms. The number of fused-ring (bicyclic) bond motifs is 1. The molecule has 0 saturated carbocycles. The molecule has 6 nitrogen and oxygen atoms in total. The quantitative estimate of drug-likeness (QED) is 0.813. The molecule has 1 heterocycles. The second kappa shape index (κ2) is 3.82. The molecule has 0 fully saturated rings. The average molecular weight is 236 g/mol. The van der Waals surface area contributed by atoms with Gasteiger partial charge in [-0.3, -0.25) is 4.79 Å². The third kappa shape index (κ3) is 1.59. The van der Waals surface area contributed by atoms with Crippen LogP contribution < -0.4 is 10.2 Å². The Kier molecular flexibility index (Phi) is 2.47. The van der Waals surface area contributed by atoms with Gasteiger partial charge in [0.2, 0.25) is 11.2 Å². The lowest BCUT2D eigenvalue weighted by atomic mass is 10.2. The van der Waals surface area contributed by atoms with Gasteiger partial charge in [-0.25, -0.2) is 4.79 Å². The Morgan fingerprint density at radius 3 is 2.71 bits per heavy atom. The first kappa shape index (κ1) is 11.0. The van der Waals surface area contributed by atoms with Crippen LogP contribution in [0.5, 0.6) is 11.5 Å². The summed E-state index contributed by atoms with van der Waals surface area (Å²) in [6, 6.07) is 4.48. The fourth-order valence-corrected chi connectivity index (χ4v) is 1.51. The molecule has 2 rings (SSSR count). The van der Waals surface area contributed by atoms with E-state index in [1.165, 1.54) is 19.2 Å². The zero-order valence-electron chi connectivity index (χ0n) is 8.76. The van der Waals surface area contributed by atoms with E-state index >= 15 is 0 Å². The monoisotopic (exact) mass is 236 g/mol. The molecule has 88 valence electrons. The number of hydrogen-bond donors (Lipinski definition) is 2. The highest BCUT2D eigenvalue weighted by Crippen LogP contribution is 2.26. The normalized spacial score (nSPS) is 10.4. The summed E-state index contributed by atoms with van der Waals surface area (Å²) in [5, 5.41) is 18.2. The topological polar surface area (TPSA) is 97.0 Å². The van der Waals surface area contributed by atoms with Crippen LogP contribution in [0.15, 0.2) is 27.4 Å². The molecule has 1 aromatic carbocycles. The summed E-state index contributed by atoms with van der Waals surface area (Å²) in [5.41, 5.74) is -0.786. The molecule has 1 aromatic heterocycles. The van der Waals surface area contributed by atoms with Crippen LogP contribution in [-0.4, -0.2) is 23.3 Å². The van der Waals surface area contributed by atoms with Crippen LogP contribution in [0.2, 0.25) is 0 Å². The summed E-state index contributed by atoms with van der Waals surface area (Å²) in [5.74, 6) is -3.02. The molecule has 0 unspecified atom stereocenters. The molecule has 0 bridgehead atoms. The van der Waals surface area contributed by atoms with Crippen molar-refractivity contribution in [2.45, 2.75) is 0 Å². The number of methoxy groups -OCH3 is 1. The van der Waals surface area contributed by atoms with Crippen molar-refractivity contribution >= 4 is 16.9 Å².